The lowest BCUT2D eigenvalue weighted by atomic mass is 9.96. The molecule has 4 nitrogen and oxygen atoms in total. The third-order valence-electron chi connectivity index (χ3n) is 3.31. The topological polar surface area (TPSA) is 55.8 Å². The molecule has 19 heavy (non-hydrogen) atoms. The van der Waals surface area contributed by atoms with Gasteiger partial charge in [-0.2, -0.15) is 0 Å². The Kier molecular flexibility index (Phi) is 4.50. The zero-order valence-electron chi connectivity index (χ0n) is 10.8. The molecule has 0 bridgehead atoms. The zero-order chi connectivity index (χ0) is 13.8. The molecule has 1 aliphatic rings. The van der Waals surface area contributed by atoms with Crippen molar-refractivity contribution in [2.24, 2.45) is 0 Å². The fourth-order valence-electron chi connectivity index (χ4n) is 2.09. The van der Waals surface area contributed by atoms with Crippen LogP contribution in [-0.2, 0) is 20.9 Å². The fraction of sp³-hybridized carbons (Fsp3) is 0.500. The first-order chi connectivity index (χ1) is 9.08. The molecule has 104 valence electrons. The van der Waals surface area contributed by atoms with E-state index in [1.807, 2.05) is 0 Å². The number of carbonyl (C=O) groups is 1. The van der Waals surface area contributed by atoms with Gasteiger partial charge in [0.05, 0.1) is 25.2 Å². The van der Waals surface area contributed by atoms with Gasteiger partial charge in [0.1, 0.15) is 5.82 Å². The summed E-state index contributed by atoms with van der Waals surface area (Å²) in [4.78, 5) is 11.0. The average molecular weight is 268 g/mol. The van der Waals surface area contributed by atoms with E-state index >= 15 is 0 Å². The molecule has 0 amide bonds. The summed E-state index contributed by atoms with van der Waals surface area (Å²) in [7, 11) is 0. The normalized spacial score (nSPS) is 20.4. The van der Waals surface area contributed by atoms with Gasteiger partial charge in [-0.25, -0.2) is 4.39 Å². The Balaban J connectivity index is 2.11. The standard InChI is InChI=1S/C14H17FO4/c1-9(14(16)17)13-6-11(15)3-2-10(13)7-19-12-4-5-18-8-12/h2-3,6,9,12H,4-5,7-8H2,1H3,(H,16,17). The Morgan fingerprint density at radius 1 is 1.63 bits per heavy atom. The fourth-order valence-corrected chi connectivity index (χ4v) is 2.09. The smallest absolute Gasteiger partial charge is 0.310 e. The maximum atomic E-state index is 13.3. The van der Waals surface area contributed by atoms with E-state index in [0.29, 0.717) is 24.3 Å². The minimum atomic E-state index is -0.976. The number of carboxylic acid groups (broad SMARTS) is 1. The molecule has 1 fully saturated rings. The van der Waals surface area contributed by atoms with E-state index < -0.39 is 17.7 Å². The summed E-state index contributed by atoms with van der Waals surface area (Å²) in [6.45, 7) is 3.07. The monoisotopic (exact) mass is 268 g/mol. The largest absolute Gasteiger partial charge is 0.481 e. The van der Waals surface area contributed by atoms with Gasteiger partial charge in [-0.05, 0) is 36.6 Å². The van der Waals surface area contributed by atoms with Crippen molar-refractivity contribution in [3.05, 3.63) is 35.1 Å². The molecule has 0 spiro atoms. The summed E-state index contributed by atoms with van der Waals surface area (Å²) in [5.41, 5.74) is 1.18. The molecule has 0 aliphatic carbocycles. The Morgan fingerprint density at radius 3 is 3.05 bits per heavy atom. The van der Waals surface area contributed by atoms with Gasteiger partial charge in [-0.3, -0.25) is 4.79 Å². The van der Waals surface area contributed by atoms with E-state index in [1.165, 1.54) is 12.1 Å². The summed E-state index contributed by atoms with van der Waals surface area (Å²) < 4.78 is 24.1. The maximum Gasteiger partial charge on any atom is 0.310 e. The van der Waals surface area contributed by atoms with Crippen LogP contribution in [0.25, 0.3) is 0 Å². The highest BCUT2D eigenvalue weighted by Crippen LogP contribution is 2.23. The van der Waals surface area contributed by atoms with Gasteiger partial charge >= 0.3 is 5.97 Å². The first kappa shape index (κ1) is 14.0. The van der Waals surface area contributed by atoms with Crippen LogP contribution < -0.4 is 0 Å². The van der Waals surface area contributed by atoms with Crippen LogP contribution >= 0.6 is 0 Å². The van der Waals surface area contributed by atoms with Gasteiger partial charge in [0, 0.05) is 6.61 Å². The van der Waals surface area contributed by atoms with Gasteiger partial charge in [0.15, 0.2) is 0 Å². The molecule has 5 heteroatoms. The highest BCUT2D eigenvalue weighted by molar-refractivity contribution is 5.76. The molecule has 1 N–H and O–H groups in total. The van der Waals surface area contributed by atoms with Crippen molar-refractivity contribution >= 4 is 5.97 Å². The van der Waals surface area contributed by atoms with Crippen molar-refractivity contribution < 1.29 is 23.8 Å². The molecule has 1 saturated heterocycles. The second-order valence-corrected chi connectivity index (χ2v) is 4.70. The summed E-state index contributed by atoms with van der Waals surface area (Å²) in [5, 5.41) is 9.05. The maximum absolute atomic E-state index is 13.3. The van der Waals surface area contributed by atoms with E-state index in [4.69, 9.17) is 14.6 Å². The number of carboxylic acids is 1. The van der Waals surface area contributed by atoms with Gasteiger partial charge in [-0.1, -0.05) is 6.07 Å². The van der Waals surface area contributed by atoms with Gasteiger partial charge in [0.25, 0.3) is 0 Å². The number of hydrogen-bond donors (Lipinski definition) is 1. The Labute approximate surface area is 111 Å². The number of ether oxygens (including phenoxy) is 2. The van der Waals surface area contributed by atoms with E-state index in [-0.39, 0.29) is 12.7 Å². The molecule has 2 rings (SSSR count). The molecule has 1 aromatic carbocycles. The van der Waals surface area contributed by atoms with Crippen LogP contribution in [0.1, 0.15) is 30.4 Å². The minimum Gasteiger partial charge on any atom is -0.481 e. The quantitative estimate of drug-likeness (QED) is 0.890. The first-order valence-electron chi connectivity index (χ1n) is 6.28. The SMILES string of the molecule is CC(C(=O)O)c1cc(F)ccc1COC1CCOC1. The Bertz CT molecular complexity index is 455. The van der Waals surface area contributed by atoms with Crippen LogP contribution in [0.4, 0.5) is 4.39 Å². The van der Waals surface area contributed by atoms with Crippen LogP contribution in [-0.4, -0.2) is 30.4 Å². The zero-order valence-corrected chi connectivity index (χ0v) is 10.8. The molecular formula is C14H17FO4. The predicted octanol–water partition coefficient (Wildman–Crippen LogP) is 2.32. The van der Waals surface area contributed by atoms with Crippen LogP contribution in [0.5, 0.6) is 0 Å². The molecule has 0 saturated carbocycles. The van der Waals surface area contributed by atoms with Gasteiger partial charge in [0.2, 0.25) is 0 Å². The molecule has 2 atom stereocenters. The highest BCUT2D eigenvalue weighted by atomic mass is 19.1. The van der Waals surface area contributed by atoms with Gasteiger partial charge < -0.3 is 14.6 Å². The molecule has 1 heterocycles. The average Bonchev–Trinajstić information content (AvgIpc) is 2.89. The van der Waals surface area contributed by atoms with Crippen molar-refractivity contribution in [2.75, 3.05) is 13.2 Å². The number of benzene rings is 1. The second kappa shape index (κ2) is 6.12. The van der Waals surface area contributed by atoms with Crippen LogP contribution in [0.2, 0.25) is 0 Å². The number of rotatable bonds is 5. The Hall–Kier alpha value is -1.46. The third kappa shape index (κ3) is 3.52. The van der Waals surface area contributed by atoms with E-state index in [1.54, 1.807) is 13.0 Å². The van der Waals surface area contributed by atoms with Crippen molar-refractivity contribution in [3.63, 3.8) is 0 Å². The molecular weight excluding hydrogens is 251 g/mol. The van der Waals surface area contributed by atoms with Crippen molar-refractivity contribution in [3.8, 4) is 0 Å². The number of hydrogen-bond acceptors (Lipinski definition) is 3. The van der Waals surface area contributed by atoms with Crippen molar-refractivity contribution in [1.29, 1.82) is 0 Å². The summed E-state index contributed by atoms with van der Waals surface area (Å²) in [6.07, 6.45) is 0.878. The number of aliphatic carboxylic acids is 1. The van der Waals surface area contributed by atoms with Gasteiger partial charge in [-0.15, -0.1) is 0 Å². The summed E-state index contributed by atoms with van der Waals surface area (Å²) in [6, 6.07) is 4.17. The molecule has 0 aromatic heterocycles. The molecule has 1 aromatic rings. The molecule has 1 aliphatic heterocycles. The van der Waals surface area contributed by atoms with Crippen LogP contribution in [0, 0.1) is 5.82 Å². The number of halogens is 1. The lowest BCUT2D eigenvalue weighted by molar-refractivity contribution is -0.138. The van der Waals surface area contributed by atoms with Crippen LogP contribution in [0.3, 0.4) is 0 Å². The van der Waals surface area contributed by atoms with Crippen LogP contribution in [0.15, 0.2) is 18.2 Å². The highest BCUT2D eigenvalue weighted by Gasteiger charge is 2.20. The van der Waals surface area contributed by atoms with E-state index in [9.17, 15) is 9.18 Å². The lowest BCUT2D eigenvalue weighted by Gasteiger charge is -2.15. The van der Waals surface area contributed by atoms with Crippen molar-refractivity contribution in [2.45, 2.75) is 32.0 Å². The second-order valence-electron chi connectivity index (χ2n) is 4.70. The predicted molar refractivity (Wildman–Crippen MR) is 66.5 cm³/mol. The van der Waals surface area contributed by atoms with E-state index in [2.05, 4.69) is 0 Å². The van der Waals surface area contributed by atoms with E-state index in [0.717, 1.165) is 6.42 Å². The summed E-state index contributed by atoms with van der Waals surface area (Å²) >= 11 is 0. The molecule has 2 unspecified atom stereocenters. The minimum absolute atomic E-state index is 0.0398. The van der Waals surface area contributed by atoms with Crippen molar-refractivity contribution in [1.82, 2.24) is 0 Å². The Morgan fingerprint density at radius 2 is 2.42 bits per heavy atom. The molecule has 0 radical (unpaired) electrons. The first-order valence-corrected chi connectivity index (χ1v) is 6.28. The lowest BCUT2D eigenvalue weighted by Crippen LogP contribution is -2.15. The third-order valence-corrected chi connectivity index (χ3v) is 3.31. The summed E-state index contributed by atoms with van der Waals surface area (Å²) in [5.74, 6) is -2.17.